The number of benzene rings is 2. The number of aryl methyl sites for hydroxylation is 1. The van der Waals surface area contributed by atoms with Crippen LogP contribution in [0.3, 0.4) is 0 Å². The maximum atomic E-state index is 12.2. The highest BCUT2D eigenvalue weighted by Crippen LogP contribution is 2.33. The van der Waals surface area contributed by atoms with Gasteiger partial charge in [-0.3, -0.25) is 4.79 Å². The third-order valence-electron chi connectivity index (χ3n) is 4.42. The topological polar surface area (TPSA) is 94.8 Å². The minimum Gasteiger partial charge on any atom is -0.444 e. The lowest BCUT2D eigenvalue weighted by molar-refractivity contribution is -0.134. The molecule has 0 aliphatic rings. The molecule has 1 amide bonds. The summed E-state index contributed by atoms with van der Waals surface area (Å²) in [4.78, 5) is 36.0. The van der Waals surface area contributed by atoms with Crippen LogP contribution in [-0.2, 0) is 9.53 Å². The van der Waals surface area contributed by atoms with Crippen molar-refractivity contribution in [2.75, 3.05) is 6.54 Å². The number of alkyl carbamates (subject to hydrolysis) is 1. The molecule has 1 heterocycles. The van der Waals surface area contributed by atoms with E-state index in [9.17, 15) is 14.4 Å². The summed E-state index contributed by atoms with van der Waals surface area (Å²) < 4.78 is 16.0. The summed E-state index contributed by atoms with van der Waals surface area (Å²) in [5.74, 6) is -0.233. The molecule has 0 saturated carbocycles. The van der Waals surface area contributed by atoms with Gasteiger partial charge in [0.25, 0.3) is 0 Å². The van der Waals surface area contributed by atoms with Gasteiger partial charge < -0.3 is 19.2 Å². The Bertz CT molecular complexity index is 1160. The van der Waals surface area contributed by atoms with Crippen LogP contribution in [0.4, 0.5) is 4.79 Å². The Hall–Kier alpha value is -3.61. The van der Waals surface area contributed by atoms with E-state index < -0.39 is 23.3 Å². The molecule has 162 valence electrons. The minimum atomic E-state index is -0.616. The zero-order chi connectivity index (χ0) is 22.6. The van der Waals surface area contributed by atoms with Crippen molar-refractivity contribution in [3.8, 4) is 16.9 Å². The van der Waals surface area contributed by atoms with Crippen LogP contribution in [0.1, 0.15) is 32.8 Å². The summed E-state index contributed by atoms with van der Waals surface area (Å²) in [6.07, 6.45) is -0.637. The molecule has 0 unspecified atom stereocenters. The van der Waals surface area contributed by atoms with Crippen molar-refractivity contribution in [3.05, 3.63) is 64.5 Å². The van der Waals surface area contributed by atoms with Gasteiger partial charge in [-0.25, -0.2) is 9.59 Å². The lowest BCUT2D eigenvalue weighted by Gasteiger charge is -2.19. The second-order valence-corrected chi connectivity index (χ2v) is 8.06. The van der Waals surface area contributed by atoms with Gasteiger partial charge in [-0.05, 0) is 51.0 Å². The Labute approximate surface area is 180 Å². The molecule has 0 radical (unpaired) electrons. The van der Waals surface area contributed by atoms with Gasteiger partial charge in [0.15, 0.2) is 0 Å². The summed E-state index contributed by atoms with van der Waals surface area (Å²) in [7, 11) is 0. The van der Waals surface area contributed by atoms with Crippen molar-refractivity contribution in [2.24, 2.45) is 0 Å². The first-order valence-corrected chi connectivity index (χ1v) is 9.94. The summed E-state index contributed by atoms with van der Waals surface area (Å²) in [6.45, 7) is 7.07. The predicted molar refractivity (Wildman–Crippen MR) is 117 cm³/mol. The molecular formula is C24H25NO6. The summed E-state index contributed by atoms with van der Waals surface area (Å²) in [6, 6.07) is 14.4. The molecule has 31 heavy (non-hydrogen) atoms. The molecule has 1 aromatic heterocycles. The van der Waals surface area contributed by atoms with Gasteiger partial charge in [-0.15, -0.1) is 0 Å². The summed E-state index contributed by atoms with van der Waals surface area (Å²) >= 11 is 0. The third kappa shape index (κ3) is 5.72. The lowest BCUT2D eigenvalue weighted by atomic mass is 10.0. The number of hydrogen-bond acceptors (Lipinski definition) is 6. The molecule has 2 aromatic carbocycles. The van der Waals surface area contributed by atoms with Gasteiger partial charge >= 0.3 is 17.7 Å². The Morgan fingerprint density at radius 3 is 2.45 bits per heavy atom. The van der Waals surface area contributed by atoms with Gasteiger partial charge in [-0.2, -0.15) is 0 Å². The first-order chi connectivity index (χ1) is 14.6. The maximum absolute atomic E-state index is 12.2. The van der Waals surface area contributed by atoms with Crippen LogP contribution >= 0.6 is 0 Å². The maximum Gasteiger partial charge on any atom is 0.407 e. The highest BCUT2D eigenvalue weighted by molar-refractivity contribution is 5.96. The number of carbonyl (C=O) groups excluding carboxylic acids is 2. The van der Waals surface area contributed by atoms with Crippen LogP contribution in [0.25, 0.3) is 22.1 Å². The first-order valence-electron chi connectivity index (χ1n) is 9.94. The van der Waals surface area contributed by atoms with E-state index in [0.717, 1.165) is 16.5 Å². The monoisotopic (exact) mass is 423 g/mol. The van der Waals surface area contributed by atoms with Crippen LogP contribution < -0.4 is 15.7 Å². The first kappa shape index (κ1) is 22.1. The molecule has 0 saturated heterocycles. The number of carbonyl (C=O) groups is 2. The highest BCUT2D eigenvalue weighted by atomic mass is 16.6. The van der Waals surface area contributed by atoms with E-state index in [1.807, 2.05) is 30.3 Å². The molecule has 0 aliphatic carbocycles. The Morgan fingerprint density at radius 1 is 1.06 bits per heavy atom. The molecule has 0 bridgehead atoms. The van der Waals surface area contributed by atoms with Crippen molar-refractivity contribution >= 4 is 23.0 Å². The second kappa shape index (κ2) is 9.04. The number of hydrogen-bond donors (Lipinski definition) is 1. The largest absolute Gasteiger partial charge is 0.444 e. The van der Waals surface area contributed by atoms with Crippen molar-refractivity contribution in [2.45, 2.75) is 39.7 Å². The third-order valence-corrected chi connectivity index (χ3v) is 4.42. The zero-order valence-corrected chi connectivity index (χ0v) is 18.0. The van der Waals surface area contributed by atoms with Gasteiger partial charge in [0.1, 0.15) is 16.9 Å². The fourth-order valence-electron chi connectivity index (χ4n) is 3.06. The average Bonchev–Trinajstić information content (AvgIpc) is 2.69. The molecule has 7 heteroatoms. The number of esters is 1. The average molecular weight is 423 g/mol. The number of rotatable bonds is 5. The fraction of sp³-hybridized carbons (Fsp3) is 0.292. The van der Waals surface area contributed by atoms with E-state index in [1.165, 1.54) is 6.07 Å². The Kier molecular flexibility index (Phi) is 6.44. The van der Waals surface area contributed by atoms with Crippen LogP contribution in [0.2, 0.25) is 0 Å². The van der Waals surface area contributed by atoms with E-state index >= 15 is 0 Å². The summed E-state index contributed by atoms with van der Waals surface area (Å²) in [5, 5.41) is 3.26. The molecule has 3 rings (SSSR count). The van der Waals surface area contributed by atoms with Gasteiger partial charge in [0.2, 0.25) is 0 Å². The number of ether oxygens (including phenoxy) is 2. The molecule has 3 aromatic rings. The summed E-state index contributed by atoms with van der Waals surface area (Å²) in [5.41, 5.74) is 1.44. The lowest BCUT2D eigenvalue weighted by Crippen LogP contribution is -2.34. The van der Waals surface area contributed by atoms with E-state index in [1.54, 1.807) is 39.8 Å². The van der Waals surface area contributed by atoms with Crippen LogP contribution in [-0.4, -0.2) is 24.2 Å². The normalized spacial score (nSPS) is 11.2. The predicted octanol–water partition coefficient (Wildman–Crippen LogP) is 4.59. The highest BCUT2D eigenvalue weighted by Gasteiger charge is 2.17. The molecular weight excluding hydrogens is 398 g/mol. The Balaban J connectivity index is 1.75. The van der Waals surface area contributed by atoms with E-state index in [-0.39, 0.29) is 13.0 Å². The van der Waals surface area contributed by atoms with Gasteiger partial charge in [0.05, 0.1) is 6.42 Å². The van der Waals surface area contributed by atoms with E-state index in [4.69, 9.17) is 13.9 Å². The fourth-order valence-corrected chi connectivity index (χ4v) is 3.06. The standard InChI is InChI=1S/C24H25NO6/c1-15-19(29-20(26)12-13-25-23(28)31-24(2,3)4)11-10-17-18(14-21(27)30-22(15)17)16-8-6-5-7-9-16/h5-11,14H,12-13H2,1-4H3,(H,25,28). The van der Waals surface area contributed by atoms with Crippen molar-refractivity contribution in [1.29, 1.82) is 0 Å². The minimum absolute atomic E-state index is 0.0370. The molecule has 0 spiro atoms. The molecule has 0 aliphatic heterocycles. The molecule has 0 fully saturated rings. The van der Waals surface area contributed by atoms with Gasteiger partial charge in [0, 0.05) is 23.6 Å². The van der Waals surface area contributed by atoms with Crippen LogP contribution in [0, 0.1) is 6.92 Å². The van der Waals surface area contributed by atoms with Crippen molar-refractivity contribution in [1.82, 2.24) is 5.32 Å². The van der Waals surface area contributed by atoms with E-state index in [0.29, 0.717) is 16.9 Å². The van der Waals surface area contributed by atoms with Crippen molar-refractivity contribution in [3.63, 3.8) is 0 Å². The number of fused-ring (bicyclic) bond motifs is 1. The van der Waals surface area contributed by atoms with E-state index in [2.05, 4.69) is 5.32 Å². The van der Waals surface area contributed by atoms with Crippen LogP contribution in [0.15, 0.2) is 57.7 Å². The number of amides is 1. The second-order valence-electron chi connectivity index (χ2n) is 8.06. The molecule has 7 nitrogen and oxygen atoms in total. The molecule has 0 atom stereocenters. The van der Waals surface area contributed by atoms with Gasteiger partial charge in [-0.1, -0.05) is 30.3 Å². The molecule has 1 N–H and O–H groups in total. The quantitative estimate of drug-likeness (QED) is 0.366. The zero-order valence-electron chi connectivity index (χ0n) is 18.0. The number of nitrogens with one attached hydrogen (secondary N) is 1. The van der Waals surface area contributed by atoms with Crippen LogP contribution in [0.5, 0.6) is 5.75 Å². The smallest absolute Gasteiger partial charge is 0.407 e. The Morgan fingerprint density at radius 2 is 1.77 bits per heavy atom. The van der Waals surface area contributed by atoms with Crippen molar-refractivity contribution < 1.29 is 23.5 Å². The SMILES string of the molecule is Cc1c(OC(=O)CCNC(=O)OC(C)(C)C)ccc2c(-c3ccccc3)cc(=O)oc12.